The minimum absolute atomic E-state index is 0.434. The fraction of sp³-hybridized carbons (Fsp3) is 0.909. The molecular weight excluding hydrogens is 206 g/mol. The first-order valence-electron chi connectivity index (χ1n) is 5.72. The summed E-state index contributed by atoms with van der Waals surface area (Å²) in [5, 5.41) is 4.22. The number of hydrogen-bond donors (Lipinski definition) is 1. The first-order chi connectivity index (χ1) is 7.00. The minimum atomic E-state index is 0.434. The van der Waals surface area contributed by atoms with Gasteiger partial charge in [0.05, 0.1) is 0 Å². The lowest BCUT2D eigenvalue weighted by Gasteiger charge is -2.37. The maximum absolute atomic E-state index is 5.36. The van der Waals surface area contributed by atoms with E-state index < -0.39 is 0 Å². The maximum Gasteiger partial charge on any atom is 0.169 e. The quantitative estimate of drug-likeness (QED) is 0.719. The van der Waals surface area contributed by atoms with Crippen LogP contribution in [0.1, 0.15) is 26.7 Å². The van der Waals surface area contributed by atoms with E-state index in [0.29, 0.717) is 6.04 Å². The molecule has 0 atom stereocenters. The number of likely N-dealkylation sites (tertiary alicyclic amines) is 1. The highest BCUT2D eigenvalue weighted by molar-refractivity contribution is 7.80. The molecule has 1 N–H and O–H groups in total. The number of piperidine rings is 1. The van der Waals surface area contributed by atoms with E-state index >= 15 is 0 Å². The lowest BCUT2D eigenvalue weighted by molar-refractivity contribution is 0.190. The second-order valence-corrected chi connectivity index (χ2v) is 5.17. The Labute approximate surface area is 98.8 Å². The molecule has 0 spiro atoms. The molecule has 1 aliphatic rings. The summed E-state index contributed by atoms with van der Waals surface area (Å²) >= 11 is 5.36. The van der Waals surface area contributed by atoms with Gasteiger partial charge in [0, 0.05) is 25.2 Å². The molecule has 0 radical (unpaired) electrons. The Morgan fingerprint density at radius 3 is 2.27 bits per heavy atom. The van der Waals surface area contributed by atoms with Crippen molar-refractivity contribution in [3.63, 3.8) is 0 Å². The van der Waals surface area contributed by atoms with Gasteiger partial charge >= 0.3 is 0 Å². The Kier molecular flexibility index (Phi) is 4.80. The van der Waals surface area contributed by atoms with Gasteiger partial charge < -0.3 is 15.1 Å². The summed E-state index contributed by atoms with van der Waals surface area (Å²) in [5.41, 5.74) is 0. The van der Waals surface area contributed by atoms with Crippen molar-refractivity contribution in [1.29, 1.82) is 0 Å². The second-order valence-electron chi connectivity index (χ2n) is 4.79. The summed E-state index contributed by atoms with van der Waals surface area (Å²) in [7, 11) is 4.32. The first-order valence-corrected chi connectivity index (χ1v) is 6.13. The Balaban J connectivity index is 2.34. The van der Waals surface area contributed by atoms with E-state index in [9.17, 15) is 0 Å². The molecule has 1 fully saturated rings. The van der Waals surface area contributed by atoms with Crippen molar-refractivity contribution >= 4 is 17.3 Å². The predicted octanol–water partition coefficient (Wildman–Crippen LogP) is 1.30. The van der Waals surface area contributed by atoms with Crippen molar-refractivity contribution in [1.82, 2.24) is 15.1 Å². The standard InChI is InChI=1S/C11H23N3S/c1-9(2)12-11(15)14-7-5-10(6-8-14)13(3)4/h9-10H,5-8H2,1-4H3,(H,12,15). The van der Waals surface area contributed by atoms with E-state index in [1.807, 2.05) is 0 Å². The number of rotatable bonds is 2. The summed E-state index contributed by atoms with van der Waals surface area (Å²) in [6.45, 7) is 6.42. The first kappa shape index (κ1) is 12.7. The highest BCUT2D eigenvalue weighted by Gasteiger charge is 2.21. The Bertz CT molecular complexity index is 208. The summed E-state index contributed by atoms with van der Waals surface area (Å²) in [6, 6.07) is 1.16. The fourth-order valence-corrected chi connectivity index (χ4v) is 2.34. The maximum atomic E-state index is 5.36. The summed E-state index contributed by atoms with van der Waals surface area (Å²) in [6.07, 6.45) is 2.43. The second kappa shape index (κ2) is 5.66. The predicted molar refractivity (Wildman–Crippen MR) is 69.2 cm³/mol. The SMILES string of the molecule is CC(C)NC(=S)N1CCC(N(C)C)CC1. The monoisotopic (exact) mass is 229 g/mol. The third-order valence-corrected chi connectivity index (χ3v) is 3.27. The molecule has 15 heavy (non-hydrogen) atoms. The summed E-state index contributed by atoms with van der Waals surface area (Å²) < 4.78 is 0. The van der Waals surface area contributed by atoms with Gasteiger partial charge in [0.15, 0.2) is 5.11 Å². The third-order valence-electron chi connectivity index (χ3n) is 2.89. The molecule has 0 aromatic rings. The van der Waals surface area contributed by atoms with Gasteiger partial charge in [-0.2, -0.15) is 0 Å². The van der Waals surface area contributed by atoms with E-state index in [4.69, 9.17) is 12.2 Å². The molecule has 0 amide bonds. The van der Waals surface area contributed by atoms with Crippen LogP contribution in [0.25, 0.3) is 0 Å². The third kappa shape index (κ3) is 3.95. The van der Waals surface area contributed by atoms with Crippen molar-refractivity contribution in [3.8, 4) is 0 Å². The Morgan fingerprint density at radius 1 is 1.33 bits per heavy atom. The zero-order valence-electron chi connectivity index (χ0n) is 10.3. The minimum Gasteiger partial charge on any atom is -0.360 e. The van der Waals surface area contributed by atoms with Crippen LogP contribution in [0.15, 0.2) is 0 Å². The van der Waals surface area contributed by atoms with Crippen molar-refractivity contribution in [3.05, 3.63) is 0 Å². The van der Waals surface area contributed by atoms with Gasteiger partial charge in [0.25, 0.3) is 0 Å². The van der Waals surface area contributed by atoms with Crippen LogP contribution in [0.3, 0.4) is 0 Å². The molecule has 4 heteroatoms. The van der Waals surface area contributed by atoms with Gasteiger partial charge in [-0.1, -0.05) is 0 Å². The number of hydrogen-bond acceptors (Lipinski definition) is 2. The molecule has 1 rings (SSSR count). The summed E-state index contributed by atoms with van der Waals surface area (Å²) in [5.74, 6) is 0. The molecule has 1 heterocycles. The van der Waals surface area contributed by atoms with Crippen LogP contribution in [0.4, 0.5) is 0 Å². The van der Waals surface area contributed by atoms with Crippen molar-refractivity contribution in [2.45, 2.75) is 38.8 Å². The van der Waals surface area contributed by atoms with Gasteiger partial charge in [0.1, 0.15) is 0 Å². The number of nitrogens with zero attached hydrogens (tertiary/aromatic N) is 2. The van der Waals surface area contributed by atoms with Crippen LogP contribution < -0.4 is 5.32 Å². The van der Waals surface area contributed by atoms with Gasteiger partial charge in [-0.15, -0.1) is 0 Å². The van der Waals surface area contributed by atoms with Crippen LogP contribution in [-0.4, -0.2) is 54.2 Å². The molecule has 88 valence electrons. The van der Waals surface area contributed by atoms with E-state index in [1.165, 1.54) is 12.8 Å². The van der Waals surface area contributed by atoms with Crippen molar-refractivity contribution < 1.29 is 0 Å². The molecule has 3 nitrogen and oxygen atoms in total. The lowest BCUT2D eigenvalue weighted by atomic mass is 10.0. The lowest BCUT2D eigenvalue weighted by Crippen LogP contribution is -2.49. The van der Waals surface area contributed by atoms with Gasteiger partial charge in [-0.25, -0.2) is 0 Å². The molecule has 0 aromatic carbocycles. The van der Waals surface area contributed by atoms with Crippen LogP contribution in [0.2, 0.25) is 0 Å². The van der Waals surface area contributed by atoms with Crippen LogP contribution in [-0.2, 0) is 0 Å². The number of nitrogens with one attached hydrogen (secondary N) is 1. The Morgan fingerprint density at radius 2 is 1.87 bits per heavy atom. The average molecular weight is 229 g/mol. The van der Waals surface area contributed by atoms with Crippen LogP contribution >= 0.6 is 12.2 Å². The van der Waals surface area contributed by atoms with Gasteiger partial charge in [-0.05, 0) is 53.0 Å². The average Bonchev–Trinajstić information content (AvgIpc) is 2.17. The van der Waals surface area contributed by atoms with E-state index in [2.05, 4.69) is 43.1 Å². The number of thiocarbonyl (C=S) groups is 1. The largest absolute Gasteiger partial charge is 0.360 e. The van der Waals surface area contributed by atoms with Crippen LogP contribution in [0.5, 0.6) is 0 Å². The molecule has 1 aliphatic heterocycles. The van der Waals surface area contributed by atoms with Crippen LogP contribution in [0, 0.1) is 0 Å². The molecular formula is C11H23N3S. The zero-order valence-corrected chi connectivity index (χ0v) is 11.1. The fourth-order valence-electron chi connectivity index (χ4n) is 1.92. The van der Waals surface area contributed by atoms with E-state index in [0.717, 1.165) is 24.2 Å². The molecule has 0 saturated carbocycles. The molecule has 0 bridgehead atoms. The molecule has 0 unspecified atom stereocenters. The van der Waals surface area contributed by atoms with Crippen molar-refractivity contribution in [2.75, 3.05) is 27.2 Å². The summed E-state index contributed by atoms with van der Waals surface area (Å²) in [4.78, 5) is 4.60. The van der Waals surface area contributed by atoms with Gasteiger partial charge in [-0.3, -0.25) is 0 Å². The van der Waals surface area contributed by atoms with Crippen molar-refractivity contribution in [2.24, 2.45) is 0 Å². The molecule has 0 aromatic heterocycles. The van der Waals surface area contributed by atoms with Gasteiger partial charge in [0.2, 0.25) is 0 Å². The molecule has 1 saturated heterocycles. The van der Waals surface area contributed by atoms with E-state index in [-0.39, 0.29) is 0 Å². The highest BCUT2D eigenvalue weighted by Crippen LogP contribution is 2.14. The Hall–Kier alpha value is -0.350. The highest BCUT2D eigenvalue weighted by atomic mass is 32.1. The zero-order chi connectivity index (χ0) is 11.4. The smallest absolute Gasteiger partial charge is 0.169 e. The topological polar surface area (TPSA) is 18.5 Å². The van der Waals surface area contributed by atoms with E-state index in [1.54, 1.807) is 0 Å². The normalized spacial score (nSPS) is 18.7. The molecule has 0 aliphatic carbocycles.